The lowest BCUT2D eigenvalue weighted by molar-refractivity contribution is 0.310. The summed E-state index contributed by atoms with van der Waals surface area (Å²) in [7, 11) is 0. The molecule has 44 heavy (non-hydrogen) atoms. The zero-order chi connectivity index (χ0) is 30.8. The van der Waals surface area contributed by atoms with Gasteiger partial charge in [-0.1, -0.05) is 119 Å². The number of halogens is 4. The standard InChI is InChI=1S/C38H26Cl4O2/c1-23-15-17-25-7-3-13-35(43-21-29-31(39)9-5-10-32(29)40)37(25)27(23)19-20-28-24(2)16-18-26-8-4-14-36(38(26)28)44-22-30-33(41)11-6-12-34(30)42/h3-18H,21-22H2,1-2H3. The molecule has 6 heteroatoms. The van der Waals surface area contributed by atoms with Crippen molar-refractivity contribution >= 4 is 67.9 Å². The lowest BCUT2D eigenvalue weighted by atomic mass is 9.96. The first-order valence-corrected chi connectivity index (χ1v) is 15.5. The molecule has 0 N–H and O–H groups in total. The molecule has 0 aromatic heterocycles. The van der Waals surface area contributed by atoms with E-state index in [-0.39, 0.29) is 13.2 Å². The Kier molecular flexibility index (Phi) is 8.94. The Morgan fingerprint density at radius 3 is 1.23 bits per heavy atom. The molecule has 6 aromatic rings. The summed E-state index contributed by atoms with van der Waals surface area (Å²) >= 11 is 25.7. The van der Waals surface area contributed by atoms with Crippen LogP contribution >= 0.6 is 46.4 Å². The summed E-state index contributed by atoms with van der Waals surface area (Å²) in [6, 6.07) is 31.2. The average Bonchev–Trinajstić information content (AvgIpc) is 3.01. The summed E-state index contributed by atoms with van der Waals surface area (Å²) in [5.41, 5.74) is 5.34. The molecule has 0 bridgehead atoms. The summed E-state index contributed by atoms with van der Waals surface area (Å²) in [6.07, 6.45) is 0. The highest BCUT2D eigenvalue weighted by Gasteiger charge is 2.14. The molecule has 0 heterocycles. The van der Waals surface area contributed by atoms with E-state index in [9.17, 15) is 0 Å². The lowest BCUT2D eigenvalue weighted by Gasteiger charge is -2.15. The molecule has 0 aliphatic heterocycles. The van der Waals surface area contributed by atoms with E-state index in [4.69, 9.17) is 55.9 Å². The summed E-state index contributed by atoms with van der Waals surface area (Å²) in [5.74, 6) is 8.43. The molecule has 0 unspecified atom stereocenters. The predicted molar refractivity (Wildman–Crippen MR) is 185 cm³/mol. The van der Waals surface area contributed by atoms with Crippen molar-refractivity contribution in [3.05, 3.63) is 151 Å². The van der Waals surface area contributed by atoms with Gasteiger partial charge in [-0.05, 0) is 72.1 Å². The highest BCUT2D eigenvalue weighted by atomic mass is 35.5. The Bertz CT molecular complexity index is 1920. The van der Waals surface area contributed by atoms with Crippen LogP contribution in [-0.4, -0.2) is 0 Å². The van der Waals surface area contributed by atoms with Crippen molar-refractivity contribution in [1.29, 1.82) is 0 Å². The van der Waals surface area contributed by atoms with Crippen molar-refractivity contribution in [2.24, 2.45) is 0 Å². The minimum absolute atomic E-state index is 0.233. The van der Waals surface area contributed by atoms with Crippen LogP contribution in [0.1, 0.15) is 33.4 Å². The van der Waals surface area contributed by atoms with Gasteiger partial charge in [0.2, 0.25) is 0 Å². The van der Waals surface area contributed by atoms with Crippen LogP contribution < -0.4 is 9.47 Å². The molecule has 0 aliphatic rings. The molecule has 0 saturated heterocycles. The Morgan fingerprint density at radius 1 is 0.477 bits per heavy atom. The molecule has 6 rings (SSSR count). The summed E-state index contributed by atoms with van der Waals surface area (Å²) in [4.78, 5) is 0. The van der Waals surface area contributed by atoms with E-state index >= 15 is 0 Å². The van der Waals surface area contributed by atoms with Crippen molar-refractivity contribution in [3.8, 4) is 23.3 Å². The number of hydrogen-bond donors (Lipinski definition) is 0. The van der Waals surface area contributed by atoms with Gasteiger partial charge in [-0.25, -0.2) is 0 Å². The van der Waals surface area contributed by atoms with Crippen molar-refractivity contribution < 1.29 is 9.47 Å². The molecule has 0 spiro atoms. The zero-order valence-electron chi connectivity index (χ0n) is 24.0. The molecule has 6 aromatic carbocycles. The summed E-state index contributed by atoms with van der Waals surface area (Å²) in [6.45, 7) is 4.58. The third kappa shape index (κ3) is 6.07. The quantitative estimate of drug-likeness (QED) is 0.166. The predicted octanol–water partition coefficient (Wildman–Crippen LogP) is 11.8. The van der Waals surface area contributed by atoms with Gasteiger partial charge < -0.3 is 9.47 Å². The van der Waals surface area contributed by atoms with Gasteiger partial charge in [0, 0.05) is 53.1 Å². The minimum atomic E-state index is 0.233. The Balaban J connectivity index is 1.43. The largest absolute Gasteiger partial charge is 0.488 e. The Hall–Kier alpha value is -3.84. The smallest absolute Gasteiger partial charge is 0.128 e. The van der Waals surface area contributed by atoms with Gasteiger partial charge in [0.1, 0.15) is 24.7 Å². The molecular formula is C38H26Cl4O2. The second-order valence-electron chi connectivity index (χ2n) is 10.5. The van der Waals surface area contributed by atoms with E-state index in [1.165, 1.54) is 0 Å². The highest BCUT2D eigenvalue weighted by molar-refractivity contribution is 6.36. The molecular weight excluding hydrogens is 630 g/mol. The van der Waals surface area contributed by atoms with E-state index in [1.54, 1.807) is 0 Å². The maximum absolute atomic E-state index is 6.43. The van der Waals surface area contributed by atoms with Crippen LogP contribution in [0.15, 0.2) is 97.1 Å². The van der Waals surface area contributed by atoms with Gasteiger partial charge in [0.25, 0.3) is 0 Å². The molecule has 0 radical (unpaired) electrons. The third-order valence-corrected chi connectivity index (χ3v) is 9.03. The molecule has 2 nitrogen and oxygen atoms in total. The lowest BCUT2D eigenvalue weighted by Crippen LogP contribution is -2.00. The van der Waals surface area contributed by atoms with Gasteiger partial charge in [0.15, 0.2) is 0 Å². The van der Waals surface area contributed by atoms with E-state index in [2.05, 4.69) is 62.1 Å². The van der Waals surface area contributed by atoms with E-state index in [0.29, 0.717) is 31.6 Å². The molecule has 0 atom stereocenters. The first-order chi connectivity index (χ1) is 21.3. The first-order valence-electron chi connectivity index (χ1n) is 14.0. The zero-order valence-corrected chi connectivity index (χ0v) is 27.0. The monoisotopic (exact) mass is 654 g/mol. The fourth-order valence-electron chi connectivity index (χ4n) is 5.23. The third-order valence-electron chi connectivity index (χ3n) is 7.61. The van der Waals surface area contributed by atoms with Gasteiger partial charge in [0.05, 0.1) is 0 Å². The van der Waals surface area contributed by atoms with Crippen molar-refractivity contribution in [2.75, 3.05) is 0 Å². The normalized spacial score (nSPS) is 11.0. The molecule has 0 amide bonds. The number of ether oxygens (including phenoxy) is 2. The Morgan fingerprint density at radius 2 is 0.841 bits per heavy atom. The maximum atomic E-state index is 6.43. The average molecular weight is 656 g/mol. The molecule has 218 valence electrons. The van der Waals surface area contributed by atoms with Crippen LogP contribution in [0.25, 0.3) is 21.5 Å². The van der Waals surface area contributed by atoms with Crippen LogP contribution in [0.4, 0.5) is 0 Å². The van der Waals surface area contributed by atoms with E-state index < -0.39 is 0 Å². The van der Waals surface area contributed by atoms with Crippen LogP contribution in [-0.2, 0) is 13.2 Å². The topological polar surface area (TPSA) is 18.5 Å². The van der Waals surface area contributed by atoms with Crippen molar-refractivity contribution in [3.63, 3.8) is 0 Å². The minimum Gasteiger partial charge on any atom is -0.488 e. The van der Waals surface area contributed by atoms with Crippen molar-refractivity contribution in [1.82, 2.24) is 0 Å². The molecule has 0 aliphatic carbocycles. The molecule has 0 saturated carbocycles. The van der Waals surface area contributed by atoms with E-state index in [0.717, 1.165) is 54.9 Å². The summed E-state index contributed by atoms with van der Waals surface area (Å²) in [5, 5.41) is 6.18. The highest BCUT2D eigenvalue weighted by Crippen LogP contribution is 2.35. The fourth-order valence-corrected chi connectivity index (χ4v) is 6.24. The maximum Gasteiger partial charge on any atom is 0.128 e. The molecule has 0 fully saturated rings. The SMILES string of the molecule is Cc1ccc2cccc(OCc3c(Cl)cccc3Cl)c2c1C#Cc1c(C)ccc2cccc(OCc3c(Cl)cccc3Cl)c12. The first kappa shape index (κ1) is 30.2. The van der Waals surface area contributed by atoms with Crippen LogP contribution in [0.2, 0.25) is 20.1 Å². The number of aryl methyl sites for hydroxylation is 2. The number of hydrogen-bond acceptors (Lipinski definition) is 2. The van der Waals surface area contributed by atoms with Gasteiger partial charge in [-0.2, -0.15) is 0 Å². The summed E-state index contributed by atoms with van der Waals surface area (Å²) < 4.78 is 12.7. The van der Waals surface area contributed by atoms with E-state index in [1.807, 2.05) is 60.7 Å². The van der Waals surface area contributed by atoms with Crippen LogP contribution in [0.5, 0.6) is 11.5 Å². The second-order valence-corrected chi connectivity index (χ2v) is 12.1. The van der Waals surface area contributed by atoms with Crippen LogP contribution in [0, 0.1) is 25.7 Å². The number of benzene rings is 6. The van der Waals surface area contributed by atoms with Gasteiger partial charge >= 0.3 is 0 Å². The van der Waals surface area contributed by atoms with Gasteiger partial charge in [-0.15, -0.1) is 0 Å². The number of rotatable bonds is 6. The second kappa shape index (κ2) is 13.0. The fraction of sp³-hybridized carbons (Fsp3) is 0.105. The number of fused-ring (bicyclic) bond motifs is 2. The Labute approximate surface area is 277 Å². The van der Waals surface area contributed by atoms with Crippen LogP contribution in [0.3, 0.4) is 0 Å². The van der Waals surface area contributed by atoms with Gasteiger partial charge in [-0.3, -0.25) is 0 Å². The van der Waals surface area contributed by atoms with Crippen molar-refractivity contribution in [2.45, 2.75) is 27.1 Å².